The second-order valence-corrected chi connectivity index (χ2v) is 6.16. The lowest BCUT2D eigenvalue weighted by atomic mass is 10.1. The SMILES string of the molecule is CC(C)CCC(=O)N[C@H](C)c1nnc2n1CCCCC2. The Morgan fingerprint density at radius 1 is 1.25 bits per heavy atom. The molecule has 1 aromatic rings. The summed E-state index contributed by atoms with van der Waals surface area (Å²) in [6.07, 6.45) is 6.12. The van der Waals surface area contributed by atoms with E-state index in [0.29, 0.717) is 12.3 Å². The summed E-state index contributed by atoms with van der Waals surface area (Å²) < 4.78 is 2.19. The monoisotopic (exact) mass is 278 g/mol. The van der Waals surface area contributed by atoms with Crippen molar-refractivity contribution in [3.63, 3.8) is 0 Å². The summed E-state index contributed by atoms with van der Waals surface area (Å²) in [5.74, 6) is 2.64. The molecule has 1 aliphatic rings. The quantitative estimate of drug-likeness (QED) is 0.900. The molecule has 1 aromatic heterocycles. The van der Waals surface area contributed by atoms with Crippen LogP contribution in [-0.2, 0) is 17.8 Å². The van der Waals surface area contributed by atoms with E-state index in [4.69, 9.17) is 0 Å². The largest absolute Gasteiger partial charge is 0.346 e. The molecule has 0 spiro atoms. The molecule has 1 aliphatic heterocycles. The molecule has 0 aromatic carbocycles. The van der Waals surface area contributed by atoms with Crippen LogP contribution in [0.5, 0.6) is 0 Å². The third-order valence-corrected chi connectivity index (χ3v) is 3.85. The molecule has 0 bridgehead atoms. The topological polar surface area (TPSA) is 59.8 Å². The van der Waals surface area contributed by atoms with Gasteiger partial charge >= 0.3 is 0 Å². The number of carbonyl (C=O) groups excluding carboxylic acids is 1. The highest BCUT2D eigenvalue weighted by Gasteiger charge is 2.20. The van der Waals surface area contributed by atoms with Gasteiger partial charge in [-0.25, -0.2) is 0 Å². The first-order valence-electron chi connectivity index (χ1n) is 7.79. The zero-order valence-electron chi connectivity index (χ0n) is 12.9. The van der Waals surface area contributed by atoms with Crippen LogP contribution >= 0.6 is 0 Å². The van der Waals surface area contributed by atoms with Crippen molar-refractivity contribution in [2.45, 2.75) is 71.9 Å². The van der Waals surface area contributed by atoms with Gasteiger partial charge in [-0.3, -0.25) is 4.79 Å². The van der Waals surface area contributed by atoms with Crippen LogP contribution < -0.4 is 5.32 Å². The smallest absolute Gasteiger partial charge is 0.220 e. The molecule has 112 valence electrons. The van der Waals surface area contributed by atoms with Gasteiger partial charge in [0.15, 0.2) is 5.82 Å². The summed E-state index contributed by atoms with van der Waals surface area (Å²) >= 11 is 0. The van der Waals surface area contributed by atoms with Gasteiger partial charge in [0.1, 0.15) is 5.82 Å². The number of rotatable bonds is 5. The Balaban J connectivity index is 1.97. The number of amides is 1. The average molecular weight is 278 g/mol. The summed E-state index contributed by atoms with van der Waals surface area (Å²) in [6, 6.07) is -0.0611. The Morgan fingerprint density at radius 2 is 2.05 bits per heavy atom. The molecule has 1 atom stereocenters. The molecule has 0 saturated heterocycles. The molecular formula is C15H26N4O. The number of aryl methyl sites for hydroxylation is 1. The highest BCUT2D eigenvalue weighted by molar-refractivity contribution is 5.76. The van der Waals surface area contributed by atoms with Gasteiger partial charge < -0.3 is 9.88 Å². The van der Waals surface area contributed by atoms with E-state index in [1.165, 1.54) is 19.3 Å². The second kappa shape index (κ2) is 6.86. The van der Waals surface area contributed by atoms with Gasteiger partial charge in [0, 0.05) is 19.4 Å². The van der Waals surface area contributed by atoms with E-state index < -0.39 is 0 Å². The molecule has 5 nitrogen and oxygen atoms in total. The van der Waals surface area contributed by atoms with Crippen LogP contribution in [0, 0.1) is 5.92 Å². The van der Waals surface area contributed by atoms with Crippen LogP contribution in [0.4, 0.5) is 0 Å². The van der Waals surface area contributed by atoms with Gasteiger partial charge in [-0.1, -0.05) is 20.3 Å². The first-order valence-corrected chi connectivity index (χ1v) is 7.79. The molecule has 1 N–H and O–H groups in total. The van der Waals surface area contributed by atoms with Crippen molar-refractivity contribution in [3.8, 4) is 0 Å². The van der Waals surface area contributed by atoms with E-state index in [0.717, 1.165) is 31.0 Å². The Bertz CT molecular complexity index is 453. The number of hydrogen-bond donors (Lipinski definition) is 1. The Labute approximate surface area is 121 Å². The molecule has 5 heteroatoms. The van der Waals surface area contributed by atoms with Gasteiger partial charge in [-0.05, 0) is 32.1 Å². The Hall–Kier alpha value is -1.39. The number of fused-ring (bicyclic) bond motifs is 1. The molecule has 0 unspecified atom stereocenters. The van der Waals surface area contributed by atoms with Gasteiger partial charge in [0.05, 0.1) is 6.04 Å². The third-order valence-electron chi connectivity index (χ3n) is 3.85. The van der Waals surface area contributed by atoms with Crippen molar-refractivity contribution in [2.24, 2.45) is 5.92 Å². The summed E-state index contributed by atoms with van der Waals surface area (Å²) in [5.41, 5.74) is 0. The molecule has 20 heavy (non-hydrogen) atoms. The minimum Gasteiger partial charge on any atom is -0.346 e. The highest BCUT2D eigenvalue weighted by atomic mass is 16.1. The number of nitrogens with zero attached hydrogens (tertiary/aromatic N) is 3. The van der Waals surface area contributed by atoms with Crippen LogP contribution in [0.15, 0.2) is 0 Å². The minimum atomic E-state index is -0.0611. The van der Waals surface area contributed by atoms with Crippen molar-refractivity contribution >= 4 is 5.91 Å². The predicted molar refractivity (Wildman–Crippen MR) is 78.2 cm³/mol. The number of aromatic nitrogens is 3. The van der Waals surface area contributed by atoms with E-state index in [2.05, 4.69) is 33.9 Å². The fourth-order valence-corrected chi connectivity index (χ4v) is 2.63. The van der Waals surface area contributed by atoms with E-state index in [9.17, 15) is 4.79 Å². The van der Waals surface area contributed by atoms with Gasteiger partial charge in [0.25, 0.3) is 0 Å². The summed E-state index contributed by atoms with van der Waals surface area (Å²) in [6.45, 7) is 7.24. The van der Waals surface area contributed by atoms with Crippen molar-refractivity contribution < 1.29 is 4.79 Å². The van der Waals surface area contributed by atoms with Crippen molar-refractivity contribution in [3.05, 3.63) is 11.6 Å². The Kier molecular flexibility index (Phi) is 5.15. The first-order chi connectivity index (χ1) is 9.58. The van der Waals surface area contributed by atoms with E-state index in [-0.39, 0.29) is 11.9 Å². The summed E-state index contributed by atoms with van der Waals surface area (Å²) in [5, 5.41) is 11.6. The van der Waals surface area contributed by atoms with Crippen molar-refractivity contribution in [2.75, 3.05) is 0 Å². The maximum atomic E-state index is 11.9. The van der Waals surface area contributed by atoms with Crippen LogP contribution in [-0.4, -0.2) is 20.7 Å². The van der Waals surface area contributed by atoms with Crippen LogP contribution in [0.25, 0.3) is 0 Å². The fourth-order valence-electron chi connectivity index (χ4n) is 2.63. The lowest BCUT2D eigenvalue weighted by Gasteiger charge is -2.15. The van der Waals surface area contributed by atoms with Gasteiger partial charge in [-0.2, -0.15) is 0 Å². The minimum absolute atomic E-state index is 0.0611. The summed E-state index contributed by atoms with van der Waals surface area (Å²) in [7, 11) is 0. The van der Waals surface area contributed by atoms with E-state index in [1.54, 1.807) is 0 Å². The lowest BCUT2D eigenvalue weighted by molar-refractivity contribution is -0.122. The molecular weight excluding hydrogens is 252 g/mol. The van der Waals surface area contributed by atoms with Gasteiger partial charge in [-0.15, -0.1) is 10.2 Å². The molecule has 1 amide bonds. The van der Waals surface area contributed by atoms with Crippen molar-refractivity contribution in [1.82, 2.24) is 20.1 Å². The molecule has 2 rings (SSSR count). The van der Waals surface area contributed by atoms with Crippen molar-refractivity contribution in [1.29, 1.82) is 0 Å². The van der Waals surface area contributed by atoms with Crippen LogP contribution in [0.2, 0.25) is 0 Å². The molecule has 0 saturated carbocycles. The normalized spacial score (nSPS) is 16.6. The Morgan fingerprint density at radius 3 is 2.80 bits per heavy atom. The second-order valence-electron chi connectivity index (χ2n) is 6.16. The predicted octanol–water partition coefficient (Wildman–Crippen LogP) is 2.62. The molecule has 0 aliphatic carbocycles. The maximum Gasteiger partial charge on any atom is 0.220 e. The van der Waals surface area contributed by atoms with Crippen LogP contribution in [0.3, 0.4) is 0 Å². The average Bonchev–Trinajstić information content (AvgIpc) is 2.66. The lowest BCUT2D eigenvalue weighted by Crippen LogP contribution is -2.29. The maximum absolute atomic E-state index is 11.9. The van der Waals surface area contributed by atoms with Gasteiger partial charge in [0.2, 0.25) is 5.91 Å². The van der Waals surface area contributed by atoms with E-state index in [1.807, 2.05) is 6.92 Å². The number of nitrogens with one attached hydrogen (secondary N) is 1. The highest BCUT2D eigenvalue weighted by Crippen LogP contribution is 2.18. The molecule has 0 radical (unpaired) electrons. The van der Waals surface area contributed by atoms with Crippen LogP contribution in [0.1, 0.15) is 70.6 Å². The molecule has 2 heterocycles. The van der Waals surface area contributed by atoms with E-state index >= 15 is 0 Å². The number of carbonyl (C=O) groups is 1. The zero-order chi connectivity index (χ0) is 14.5. The first kappa shape index (κ1) is 15.0. The fraction of sp³-hybridized carbons (Fsp3) is 0.800. The molecule has 0 fully saturated rings. The zero-order valence-corrected chi connectivity index (χ0v) is 12.9. The third kappa shape index (κ3) is 3.81. The number of hydrogen-bond acceptors (Lipinski definition) is 3. The summed E-state index contributed by atoms with van der Waals surface area (Å²) in [4.78, 5) is 11.9. The standard InChI is InChI=1S/C15H26N4O/c1-11(2)8-9-14(20)16-12(3)15-18-17-13-7-5-4-6-10-19(13)15/h11-12H,4-10H2,1-3H3,(H,16,20)/t12-/m1/s1.